The van der Waals surface area contributed by atoms with Crippen molar-refractivity contribution in [3.05, 3.63) is 70.4 Å². The molecule has 28 heavy (non-hydrogen) atoms. The third-order valence-corrected chi connectivity index (χ3v) is 5.99. The minimum Gasteiger partial charge on any atom is -0.475 e. The molecule has 7 heteroatoms. The lowest BCUT2D eigenvalue weighted by atomic mass is 10.1. The van der Waals surface area contributed by atoms with Crippen LogP contribution in [-0.2, 0) is 12.3 Å². The number of nitrogens with one attached hydrogen (secondary N) is 1. The van der Waals surface area contributed by atoms with Gasteiger partial charge >= 0.3 is 0 Å². The van der Waals surface area contributed by atoms with Gasteiger partial charge in [0.1, 0.15) is 4.34 Å². The first-order valence-corrected chi connectivity index (χ1v) is 10.9. The molecule has 0 fully saturated rings. The number of pyridine rings is 1. The Morgan fingerprint density at radius 3 is 2.54 bits per heavy atom. The predicted octanol–water partition coefficient (Wildman–Crippen LogP) is 4.86. The van der Waals surface area contributed by atoms with Crippen LogP contribution in [0.3, 0.4) is 0 Å². The molecule has 2 aromatic heterocycles. The highest BCUT2D eigenvalue weighted by molar-refractivity contribution is 8.00. The molecular formula is C21H23N3O2S2. The zero-order chi connectivity index (χ0) is 19.9. The lowest BCUT2D eigenvalue weighted by Crippen LogP contribution is -2.22. The summed E-state index contributed by atoms with van der Waals surface area (Å²) in [7, 11) is 0. The molecule has 0 aliphatic heterocycles. The largest absolute Gasteiger partial charge is 0.475 e. The monoisotopic (exact) mass is 413 g/mol. The van der Waals surface area contributed by atoms with Crippen molar-refractivity contribution in [2.24, 2.45) is 0 Å². The minimum atomic E-state index is -0.0998. The van der Waals surface area contributed by atoms with Crippen LogP contribution in [0.15, 0.2) is 52.3 Å². The molecule has 1 N–H and O–H groups in total. The lowest BCUT2D eigenvalue weighted by Gasteiger charge is -2.09. The van der Waals surface area contributed by atoms with Crippen LogP contribution in [0.1, 0.15) is 41.0 Å². The second kappa shape index (κ2) is 9.71. The third-order valence-electron chi connectivity index (χ3n) is 3.78. The maximum Gasteiger partial charge on any atom is 0.251 e. The van der Waals surface area contributed by atoms with Crippen molar-refractivity contribution in [1.82, 2.24) is 15.3 Å². The van der Waals surface area contributed by atoms with E-state index in [-0.39, 0.29) is 12.0 Å². The van der Waals surface area contributed by atoms with E-state index in [1.165, 1.54) is 5.56 Å². The molecule has 0 spiro atoms. The minimum absolute atomic E-state index is 0.0881. The molecule has 0 unspecified atom stereocenters. The number of aromatic nitrogens is 2. The number of hydrogen-bond acceptors (Lipinski definition) is 6. The molecule has 0 bridgehead atoms. The average molecular weight is 414 g/mol. The van der Waals surface area contributed by atoms with Crippen LogP contribution < -0.4 is 10.1 Å². The van der Waals surface area contributed by atoms with Crippen molar-refractivity contribution in [1.29, 1.82) is 0 Å². The Labute approximate surface area is 173 Å². The molecule has 1 aromatic carbocycles. The second-order valence-electron chi connectivity index (χ2n) is 6.59. The van der Waals surface area contributed by atoms with Gasteiger partial charge in [-0.25, -0.2) is 9.97 Å². The number of hydrogen-bond donors (Lipinski definition) is 1. The van der Waals surface area contributed by atoms with E-state index >= 15 is 0 Å². The SMILES string of the molecule is Cc1csc(SCc2ccc(C(=O)NCc3ccc(OC(C)C)nc3)cc2)n1. The van der Waals surface area contributed by atoms with E-state index in [1.54, 1.807) is 29.3 Å². The summed E-state index contributed by atoms with van der Waals surface area (Å²) >= 11 is 3.37. The van der Waals surface area contributed by atoms with Gasteiger partial charge in [-0.2, -0.15) is 0 Å². The van der Waals surface area contributed by atoms with Crippen molar-refractivity contribution in [2.45, 2.75) is 43.5 Å². The second-order valence-corrected chi connectivity index (χ2v) is 8.67. The van der Waals surface area contributed by atoms with Gasteiger partial charge in [0.05, 0.1) is 6.10 Å². The Hall–Kier alpha value is -2.38. The molecular weight excluding hydrogens is 390 g/mol. The Bertz CT molecular complexity index is 906. The van der Waals surface area contributed by atoms with Gasteiger partial charge in [0.2, 0.25) is 5.88 Å². The molecule has 0 aliphatic carbocycles. The topological polar surface area (TPSA) is 64.1 Å². The van der Waals surface area contributed by atoms with Crippen molar-refractivity contribution in [3.63, 3.8) is 0 Å². The third kappa shape index (κ3) is 6.07. The number of thioether (sulfide) groups is 1. The summed E-state index contributed by atoms with van der Waals surface area (Å²) in [4.78, 5) is 21.1. The van der Waals surface area contributed by atoms with Crippen LogP contribution in [-0.4, -0.2) is 22.0 Å². The number of benzene rings is 1. The summed E-state index contributed by atoms with van der Waals surface area (Å²) in [6.07, 6.45) is 1.81. The van der Waals surface area contributed by atoms with Crippen LogP contribution >= 0.6 is 23.1 Å². The van der Waals surface area contributed by atoms with Crippen LogP contribution in [0.5, 0.6) is 5.88 Å². The summed E-state index contributed by atoms with van der Waals surface area (Å²) in [6.45, 7) is 6.34. The van der Waals surface area contributed by atoms with Crippen molar-refractivity contribution in [2.75, 3.05) is 0 Å². The molecule has 5 nitrogen and oxygen atoms in total. The van der Waals surface area contributed by atoms with Gasteiger partial charge in [0.15, 0.2) is 0 Å². The number of rotatable bonds is 8. The van der Waals surface area contributed by atoms with E-state index in [9.17, 15) is 4.79 Å². The van der Waals surface area contributed by atoms with Crippen molar-refractivity contribution < 1.29 is 9.53 Å². The van der Waals surface area contributed by atoms with Gasteiger partial charge in [-0.3, -0.25) is 4.79 Å². The number of nitrogens with zero attached hydrogens (tertiary/aromatic N) is 2. The maximum absolute atomic E-state index is 12.4. The lowest BCUT2D eigenvalue weighted by molar-refractivity contribution is 0.0951. The van der Waals surface area contributed by atoms with E-state index in [2.05, 4.69) is 20.7 Å². The molecule has 3 aromatic rings. The Morgan fingerprint density at radius 1 is 1.18 bits per heavy atom. The highest BCUT2D eigenvalue weighted by Crippen LogP contribution is 2.26. The zero-order valence-corrected chi connectivity index (χ0v) is 17.8. The summed E-state index contributed by atoms with van der Waals surface area (Å²) in [5.41, 5.74) is 3.79. The van der Waals surface area contributed by atoms with Crippen molar-refractivity contribution in [3.8, 4) is 5.88 Å². The summed E-state index contributed by atoms with van der Waals surface area (Å²) in [5, 5.41) is 4.97. The summed E-state index contributed by atoms with van der Waals surface area (Å²) in [6, 6.07) is 11.4. The number of ether oxygens (including phenoxy) is 1. The number of thiazole rings is 1. The van der Waals surface area contributed by atoms with Gasteiger partial charge in [-0.05, 0) is 44.0 Å². The van der Waals surface area contributed by atoms with Gasteiger partial charge in [-0.1, -0.05) is 30.0 Å². The van der Waals surface area contributed by atoms with E-state index in [0.717, 1.165) is 21.3 Å². The zero-order valence-electron chi connectivity index (χ0n) is 16.1. The standard InChI is InChI=1S/C21H23N3O2S2/c1-14(2)26-19-9-6-17(10-22-19)11-23-20(25)18-7-4-16(5-8-18)13-28-21-24-15(3)12-27-21/h4-10,12,14H,11,13H2,1-3H3,(H,23,25). The molecule has 0 saturated heterocycles. The molecule has 0 atom stereocenters. The molecule has 1 amide bonds. The number of aryl methyl sites for hydroxylation is 1. The first kappa shape index (κ1) is 20.4. The predicted molar refractivity (Wildman–Crippen MR) is 114 cm³/mol. The first-order valence-electron chi connectivity index (χ1n) is 9.03. The molecule has 2 heterocycles. The molecule has 0 aliphatic rings. The highest BCUT2D eigenvalue weighted by atomic mass is 32.2. The van der Waals surface area contributed by atoms with E-state index in [0.29, 0.717) is 18.0 Å². The number of carbonyl (C=O) groups is 1. The fourth-order valence-electron chi connectivity index (χ4n) is 2.41. The number of carbonyl (C=O) groups excluding carboxylic acids is 1. The van der Waals surface area contributed by atoms with E-state index in [4.69, 9.17) is 4.74 Å². The molecule has 0 saturated carbocycles. The van der Waals surface area contributed by atoms with Crippen LogP contribution in [0.25, 0.3) is 0 Å². The van der Waals surface area contributed by atoms with E-state index < -0.39 is 0 Å². The fourth-order valence-corrected chi connectivity index (χ4v) is 4.21. The van der Waals surface area contributed by atoms with Crippen LogP contribution in [0.4, 0.5) is 0 Å². The van der Waals surface area contributed by atoms with Crippen molar-refractivity contribution >= 4 is 29.0 Å². The van der Waals surface area contributed by atoms with E-state index in [1.807, 2.05) is 57.2 Å². The fraction of sp³-hybridized carbons (Fsp3) is 0.286. The van der Waals surface area contributed by atoms with Gasteiger partial charge in [0, 0.05) is 41.2 Å². The van der Waals surface area contributed by atoms with Crippen LogP contribution in [0, 0.1) is 6.92 Å². The van der Waals surface area contributed by atoms with Gasteiger partial charge in [0.25, 0.3) is 5.91 Å². The Kier molecular flexibility index (Phi) is 7.06. The molecule has 0 radical (unpaired) electrons. The number of amides is 1. The van der Waals surface area contributed by atoms with Gasteiger partial charge < -0.3 is 10.1 Å². The average Bonchev–Trinajstić information content (AvgIpc) is 3.11. The van der Waals surface area contributed by atoms with Crippen LogP contribution in [0.2, 0.25) is 0 Å². The Balaban J connectivity index is 1.48. The Morgan fingerprint density at radius 2 is 1.93 bits per heavy atom. The van der Waals surface area contributed by atoms with Gasteiger partial charge in [-0.15, -0.1) is 11.3 Å². The summed E-state index contributed by atoms with van der Waals surface area (Å²) < 4.78 is 6.59. The first-order chi connectivity index (χ1) is 13.5. The maximum atomic E-state index is 12.4. The normalized spacial score (nSPS) is 10.9. The molecule has 3 rings (SSSR count). The quantitative estimate of drug-likeness (QED) is 0.535. The highest BCUT2D eigenvalue weighted by Gasteiger charge is 2.07. The summed E-state index contributed by atoms with van der Waals surface area (Å²) in [5.74, 6) is 1.33. The molecule has 146 valence electrons. The smallest absolute Gasteiger partial charge is 0.251 e.